The summed E-state index contributed by atoms with van der Waals surface area (Å²) < 4.78 is 26.2. The Balaban J connectivity index is 3.01. The predicted octanol–water partition coefficient (Wildman–Crippen LogP) is 1.19. The third kappa shape index (κ3) is 4.56. The highest BCUT2D eigenvalue weighted by atomic mass is 32.2. The number of hydrogen-bond acceptors (Lipinski definition) is 4. The molecule has 0 unspecified atom stereocenters. The Morgan fingerprint density at radius 3 is 2.20 bits per heavy atom. The van der Waals surface area contributed by atoms with E-state index in [1.165, 1.54) is 0 Å². The van der Waals surface area contributed by atoms with E-state index in [1.807, 2.05) is 6.07 Å². The zero-order valence-corrected chi connectivity index (χ0v) is 12.9. The van der Waals surface area contributed by atoms with Crippen LogP contribution in [0.25, 0.3) is 0 Å². The molecule has 1 rings (SSSR count). The van der Waals surface area contributed by atoms with Crippen LogP contribution in [0.3, 0.4) is 0 Å². The number of sulfonamides is 1. The molecule has 5 nitrogen and oxygen atoms in total. The number of benzene rings is 1. The number of aliphatic hydroxyl groups is 2. The second-order valence-electron chi connectivity index (χ2n) is 5.77. The molecule has 0 spiro atoms. The third-order valence-corrected chi connectivity index (χ3v) is 5.23. The Hall–Kier alpha value is -0.950. The van der Waals surface area contributed by atoms with E-state index in [-0.39, 0.29) is 6.42 Å². The molecule has 0 fully saturated rings. The van der Waals surface area contributed by atoms with Crippen LogP contribution >= 0.6 is 0 Å². The molecule has 0 amide bonds. The zero-order valence-electron chi connectivity index (χ0n) is 12.1. The summed E-state index contributed by atoms with van der Waals surface area (Å²) in [5.74, 6) is 0. The first-order chi connectivity index (χ1) is 9.17. The molecule has 0 saturated heterocycles. The number of nitrogens with one attached hydrogen (secondary N) is 1. The van der Waals surface area contributed by atoms with Gasteiger partial charge < -0.3 is 10.2 Å². The average Bonchev–Trinajstić information content (AvgIpc) is 2.37. The van der Waals surface area contributed by atoms with Gasteiger partial charge in [-0.05, 0) is 32.8 Å². The maximum absolute atomic E-state index is 12.3. The van der Waals surface area contributed by atoms with Crippen LogP contribution in [-0.2, 0) is 10.0 Å². The van der Waals surface area contributed by atoms with E-state index >= 15 is 0 Å². The zero-order chi connectivity index (χ0) is 15.4. The molecule has 0 radical (unpaired) electrons. The van der Waals surface area contributed by atoms with E-state index in [4.69, 9.17) is 5.11 Å². The van der Waals surface area contributed by atoms with Crippen LogP contribution in [0.15, 0.2) is 30.3 Å². The lowest BCUT2D eigenvalue weighted by molar-refractivity contribution is 0.0811. The van der Waals surface area contributed by atoms with Crippen molar-refractivity contribution in [3.05, 3.63) is 35.9 Å². The molecular formula is C14H23NO4S. The largest absolute Gasteiger partial charge is 0.394 e. The molecule has 0 bridgehead atoms. The molecule has 0 heterocycles. The lowest BCUT2D eigenvalue weighted by Crippen LogP contribution is -2.42. The second-order valence-corrected chi connectivity index (χ2v) is 8.24. The van der Waals surface area contributed by atoms with E-state index in [9.17, 15) is 13.5 Å². The van der Waals surface area contributed by atoms with Crippen LogP contribution in [0.4, 0.5) is 0 Å². The molecule has 6 heteroatoms. The van der Waals surface area contributed by atoms with Gasteiger partial charge in [0.2, 0.25) is 10.0 Å². The minimum atomic E-state index is -3.54. The van der Waals surface area contributed by atoms with Gasteiger partial charge in [0.05, 0.1) is 17.5 Å². The summed E-state index contributed by atoms with van der Waals surface area (Å²) in [5, 5.41) is 18.6. The quantitative estimate of drug-likeness (QED) is 0.736. The van der Waals surface area contributed by atoms with Gasteiger partial charge in [-0.1, -0.05) is 30.3 Å². The van der Waals surface area contributed by atoms with E-state index < -0.39 is 33.5 Å². The SMILES string of the molecule is CC(C)(C)S(=O)(=O)N[C@H](C[C@H](O)CO)c1ccccc1. The fourth-order valence-corrected chi connectivity index (χ4v) is 2.61. The first kappa shape index (κ1) is 17.1. The summed E-state index contributed by atoms with van der Waals surface area (Å²) >= 11 is 0. The minimum Gasteiger partial charge on any atom is -0.394 e. The molecule has 0 aromatic heterocycles. The summed E-state index contributed by atoms with van der Waals surface area (Å²) in [6, 6.07) is 8.46. The lowest BCUT2D eigenvalue weighted by Gasteiger charge is -2.26. The lowest BCUT2D eigenvalue weighted by atomic mass is 10.0. The monoisotopic (exact) mass is 301 g/mol. The van der Waals surface area contributed by atoms with Gasteiger partial charge in [0, 0.05) is 6.04 Å². The predicted molar refractivity (Wildman–Crippen MR) is 78.7 cm³/mol. The molecular weight excluding hydrogens is 278 g/mol. The minimum absolute atomic E-state index is 0.121. The number of hydrogen-bond donors (Lipinski definition) is 3. The molecule has 1 aromatic rings. The van der Waals surface area contributed by atoms with Crippen molar-refractivity contribution in [2.45, 2.75) is 44.1 Å². The highest BCUT2D eigenvalue weighted by molar-refractivity contribution is 7.90. The first-order valence-electron chi connectivity index (χ1n) is 6.53. The van der Waals surface area contributed by atoms with Crippen molar-refractivity contribution in [3.8, 4) is 0 Å². The molecule has 1 aromatic carbocycles. The van der Waals surface area contributed by atoms with E-state index in [1.54, 1.807) is 45.0 Å². The van der Waals surface area contributed by atoms with Crippen LogP contribution in [-0.4, -0.2) is 36.1 Å². The highest BCUT2D eigenvalue weighted by Crippen LogP contribution is 2.23. The molecule has 0 saturated carbocycles. The van der Waals surface area contributed by atoms with Gasteiger partial charge in [-0.3, -0.25) is 0 Å². The van der Waals surface area contributed by atoms with Crippen molar-refractivity contribution in [1.82, 2.24) is 4.72 Å². The Kier molecular flexibility index (Phi) is 5.70. The van der Waals surface area contributed by atoms with Crippen LogP contribution in [0, 0.1) is 0 Å². The van der Waals surface area contributed by atoms with E-state index in [2.05, 4.69) is 4.72 Å². The van der Waals surface area contributed by atoms with Crippen LogP contribution in [0.2, 0.25) is 0 Å². The smallest absolute Gasteiger partial charge is 0.217 e. The van der Waals surface area contributed by atoms with Gasteiger partial charge in [0.25, 0.3) is 0 Å². The van der Waals surface area contributed by atoms with Crippen LogP contribution < -0.4 is 4.72 Å². The van der Waals surface area contributed by atoms with Crippen molar-refractivity contribution in [3.63, 3.8) is 0 Å². The van der Waals surface area contributed by atoms with Gasteiger partial charge in [0.1, 0.15) is 0 Å². The molecule has 2 atom stereocenters. The van der Waals surface area contributed by atoms with Crippen LogP contribution in [0.1, 0.15) is 38.8 Å². The normalized spacial score (nSPS) is 15.8. The topological polar surface area (TPSA) is 86.6 Å². The van der Waals surface area contributed by atoms with Gasteiger partial charge in [-0.15, -0.1) is 0 Å². The fourth-order valence-electron chi connectivity index (χ4n) is 1.65. The van der Waals surface area contributed by atoms with Crippen molar-refractivity contribution in [2.24, 2.45) is 0 Å². The van der Waals surface area contributed by atoms with Crippen molar-refractivity contribution in [2.75, 3.05) is 6.61 Å². The summed E-state index contributed by atoms with van der Waals surface area (Å²) in [6.07, 6.45) is -0.849. The maximum atomic E-state index is 12.3. The van der Waals surface area contributed by atoms with Gasteiger partial charge in [-0.2, -0.15) is 0 Å². The van der Waals surface area contributed by atoms with E-state index in [0.29, 0.717) is 0 Å². The maximum Gasteiger partial charge on any atom is 0.217 e. The fraction of sp³-hybridized carbons (Fsp3) is 0.571. The van der Waals surface area contributed by atoms with Gasteiger partial charge in [0.15, 0.2) is 0 Å². The van der Waals surface area contributed by atoms with Crippen molar-refractivity contribution in [1.29, 1.82) is 0 Å². The molecule has 114 valence electrons. The van der Waals surface area contributed by atoms with Crippen LogP contribution in [0.5, 0.6) is 0 Å². The summed E-state index contributed by atoms with van der Waals surface area (Å²) in [4.78, 5) is 0. The highest BCUT2D eigenvalue weighted by Gasteiger charge is 2.32. The molecule has 20 heavy (non-hydrogen) atoms. The second kappa shape index (κ2) is 6.67. The van der Waals surface area contributed by atoms with Crippen molar-refractivity contribution < 1.29 is 18.6 Å². The summed E-state index contributed by atoms with van der Waals surface area (Å²) in [5.41, 5.74) is 0.757. The molecule has 0 aliphatic carbocycles. The number of aliphatic hydroxyl groups excluding tert-OH is 2. The number of rotatable bonds is 6. The first-order valence-corrected chi connectivity index (χ1v) is 8.01. The average molecular weight is 301 g/mol. The Morgan fingerprint density at radius 2 is 1.75 bits per heavy atom. The summed E-state index contributed by atoms with van der Waals surface area (Å²) in [6.45, 7) is 4.43. The van der Waals surface area contributed by atoms with E-state index in [0.717, 1.165) is 5.56 Å². The molecule has 0 aliphatic heterocycles. The standard InChI is InChI=1S/C14H23NO4S/c1-14(2,3)20(18,19)15-13(9-12(17)10-16)11-7-5-4-6-8-11/h4-8,12-13,15-17H,9-10H2,1-3H3/t12-,13+/m0/s1. The Labute approximate surface area is 120 Å². The van der Waals surface area contributed by atoms with Gasteiger partial charge in [-0.25, -0.2) is 13.1 Å². The van der Waals surface area contributed by atoms with Crippen molar-refractivity contribution >= 4 is 10.0 Å². The Bertz CT molecular complexity index is 508. The third-order valence-electron chi connectivity index (χ3n) is 3.02. The van der Waals surface area contributed by atoms with Gasteiger partial charge >= 0.3 is 0 Å². The summed E-state index contributed by atoms with van der Waals surface area (Å²) in [7, 11) is -3.54. The molecule has 3 N–H and O–H groups in total. The Morgan fingerprint density at radius 1 is 1.20 bits per heavy atom. The molecule has 0 aliphatic rings.